The average molecular weight is 552 g/mol. The molecule has 2 N–H and O–H groups in total. The van der Waals surface area contributed by atoms with E-state index in [2.05, 4.69) is 63.0 Å². The molecule has 41 heavy (non-hydrogen) atoms. The minimum atomic E-state index is -0.430. The van der Waals surface area contributed by atoms with Crippen molar-refractivity contribution in [2.45, 2.75) is 13.0 Å². The van der Waals surface area contributed by atoms with Crippen LogP contribution in [0.5, 0.6) is 0 Å². The number of aryl methyl sites for hydroxylation is 1. The van der Waals surface area contributed by atoms with E-state index >= 15 is 0 Å². The van der Waals surface area contributed by atoms with E-state index in [1.165, 1.54) is 18.0 Å². The highest BCUT2D eigenvalue weighted by atomic mass is 16.6. The molecule has 0 radical (unpaired) electrons. The van der Waals surface area contributed by atoms with E-state index in [9.17, 15) is 9.59 Å². The van der Waals surface area contributed by atoms with Crippen LogP contribution >= 0.6 is 0 Å². The molecule has 2 fully saturated rings. The smallest absolute Gasteiger partial charge is 0.340 e. The maximum absolute atomic E-state index is 12.9. The molecule has 9 nitrogen and oxygen atoms in total. The number of amides is 1. The van der Waals surface area contributed by atoms with Gasteiger partial charge in [-0.15, -0.1) is 0 Å². The molecule has 2 aromatic carbocycles. The second kappa shape index (κ2) is 11.2. The number of esters is 1. The second-order valence-electron chi connectivity index (χ2n) is 10.6. The van der Waals surface area contributed by atoms with Crippen molar-refractivity contribution in [3.8, 4) is 22.4 Å². The number of aromatic amines is 1. The summed E-state index contributed by atoms with van der Waals surface area (Å²) in [7, 11) is 2.15. The Hall–Kier alpha value is -4.47. The van der Waals surface area contributed by atoms with Crippen LogP contribution in [0.15, 0.2) is 67.4 Å². The monoisotopic (exact) mass is 551 g/mol. The summed E-state index contributed by atoms with van der Waals surface area (Å²) in [5.74, 6) is -0.712. The Labute approximate surface area is 238 Å². The van der Waals surface area contributed by atoms with Crippen molar-refractivity contribution >= 4 is 34.3 Å². The van der Waals surface area contributed by atoms with Gasteiger partial charge in [-0.2, -0.15) is 0 Å². The summed E-state index contributed by atoms with van der Waals surface area (Å²) >= 11 is 0. The number of anilines is 2. The zero-order chi connectivity index (χ0) is 28.5. The molecule has 9 heteroatoms. The van der Waals surface area contributed by atoms with Gasteiger partial charge in [-0.25, -0.2) is 9.78 Å². The predicted molar refractivity (Wildman–Crippen MR) is 160 cm³/mol. The Bertz CT molecular complexity index is 1620. The third-order valence-corrected chi connectivity index (χ3v) is 7.76. The fraction of sp³-hybridized carbons (Fsp3) is 0.281. The molecule has 210 valence electrons. The number of fused-ring (bicyclic) bond motifs is 1. The molecule has 6 rings (SSSR count). The first-order chi connectivity index (χ1) is 19.9. The molecule has 0 spiro atoms. The first-order valence-corrected chi connectivity index (χ1v) is 13.8. The molecular formula is C32H33N5O4. The van der Waals surface area contributed by atoms with Crippen LogP contribution < -0.4 is 10.2 Å². The number of ether oxygens (including phenoxy) is 2. The first kappa shape index (κ1) is 26.7. The Morgan fingerprint density at radius 3 is 2.49 bits per heavy atom. The van der Waals surface area contributed by atoms with Crippen LogP contribution in [0.2, 0.25) is 0 Å². The SMILES string of the molecule is C=CC(=O)Nc1cc(-c2c(-c3ccc(N4CCN(C)CC4)cc3)[nH]c3ncc(C(=O)OC4COC4)cc23)ccc1C. The van der Waals surface area contributed by atoms with Gasteiger partial charge < -0.3 is 29.6 Å². The van der Waals surface area contributed by atoms with Gasteiger partial charge in [0.05, 0.1) is 24.5 Å². The number of hydrogen-bond donors (Lipinski definition) is 2. The van der Waals surface area contributed by atoms with E-state index in [0.717, 1.165) is 59.5 Å². The predicted octanol–water partition coefficient (Wildman–Crippen LogP) is 4.64. The minimum absolute atomic E-state index is 0.230. The molecule has 0 atom stereocenters. The zero-order valence-electron chi connectivity index (χ0n) is 23.3. The van der Waals surface area contributed by atoms with Gasteiger partial charge in [0.1, 0.15) is 11.8 Å². The Balaban J connectivity index is 1.43. The summed E-state index contributed by atoms with van der Waals surface area (Å²) in [6.45, 7) is 10.4. The molecule has 0 saturated carbocycles. The fourth-order valence-electron chi connectivity index (χ4n) is 5.20. The molecule has 2 aromatic heterocycles. The summed E-state index contributed by atoms with van der Waals surface area (Å²) in [5, 5.41) is 3.69. The molecule has 0 bridgehead atoms. The van der Waals surface area contributed by atoms with Crippen molar-refractivity contribution in [2.75, 3.05) is 56.7 Å². The third-order valence-electron chi connectivity index (χ3n) is 7.76. The largest absolute Gasteiger partial charge is 0.454 e. The van der Waals surface area contributed by atoms with E-state index in [-0.39, 0.29) is 12.0 Å². The van der Waals surface area contributed by atoms with Gasteiger partial charge in [0.15, 0.2) is 0 Å². The normalized spacial score (nSPS) is 15.9. The van der Waals surface area contributed by atoms with Crippen molar-refractivity contribution in [1.29, 1.82) is 0 Å². The zero-order valence-corrected chi connectivity index (χ0v) is 23.3. The Kier molecular flexibility index (Phi) is 7.30. The van der Waals surface area contributed by atoms with Gasteiger partial charge in [-0.05, 0) is 61.0 Å². The van der Waals surface area contributed by atoms with Crippen LogP contribution in [-0.4, -0.2) is 79.3 Å². The minimum Gasteiger partial charge on any atom is -0.454 e. The van der Waals surface area contributed by atoms with E-state index < -0.39 is 5.97 Å². The molecule has 2 aliphatic rings. The van der Waals surface area contributed by atoms with Crippen molar-refractivity contribution in [3.63, 3.8) is 0 Å². The summed E-state index contributed by atoms with van der Waals surface area (Å²) in [6.07, 6.45) is 2.56. The number of rotatable bonds is 7. The van der Waals surface area contributed by atoms with E-state index in [1.807, 2.05) is 31.2 Å². The van der Waals surface area contributed by atoms with Crippen LogP contribution in [0, 0.1) is 6.92 Å². The third kappa shape index (κ3) is 5.46. The molecule has 0 aliphatic carbocycles. The number of likely N-dealkylation sites (N-methyl/N-ethyl adjacent to an activating group) is 1. The Morgan fingerprint density at radius 1 is 1.07 bits per heavy atom. The molecule has 4 heterocycles. The lowest BCUT2D eigenvalue weighted by molar-refractivity contribution is -0.111. The molecule has 0 unspecified atom stereocenters. The van der Waals surface area contributed by atoms with Crippen LogP contribution in [0.25, 0.3) is 33.4 Å². The highest BCUT2D eigenvalue weighted by molar-refractivity contribution is 6.06. The summed E-state index contributed by atoms with van der Waals surface area (Å²) in [6, 6.07) is 16.3. The van der Waals surface area contributed by atoms with Gasteiger partial charge in [0, 0.05) is 54.7 Å². The fourth-order valence-corrected chi connectivity index (χ4v) is 5.20. The van der Waals surface area contributed by atoms with Crippen molar-refractivity contribution in [1.82, 2.24) is 14.9 Å². The van der Waals surface area contributed by atoms with Gasteiger partial charge in [0.2, 0.25) is 5.91 Å². The van der Waals surface area contributed by atoms with E-state index in [0.29, 0.717) is 30.1 Å². The lowest BCUT2D eigenvalue weighted by Crippen LogP contribution is -2.44. The van der Waals surface area contributed by atoms with Gasteiger partial charge in [-0.1, -0.05) is 30.8 Å². The van der Waals surface area contributed by atoms with Gasteiger partial charge in [-0.3, -0.25) is 4.79 Å². The van der Waals surface area contributed by atoms with Crippen LogP contribution in [0.4, 0.5) is 11.4 Å². The van der Waals surface area contributed by atoms with Crippen molar-refractivity contribution in [2.24, 2.45) is 0 Å². The van der Waals surface area contributed by atoms with E-state index in [4.69, 9.17) is 9.47 Å². The quantitative estimate of drug-likeness (QED) is 0.255. The maximum Gasteiger partial charge on any atom is 0.340 e. The highest BCUT2D eigenvalue weighted by Crippen LogP contribution is 2.40. The average Bonchev–Trinajstić information content (AvgIpc) is 3.35. The number of hydrogen-bond acceptors (Lipinski definition) is 7. The number of carbonyl (C=O) groups excluding carboxylic acids is 2. The molecule has 2 saturated heterocycles. The number of nitrogens with zero attached hydrogens (tertiary/aromatic N) is 3. The lowest BCUT2D eigenvalue weighted by Gasteiger charge is -2.34. The molecule has 4 aromatic rings. The van der Waals surface area contributed by atoms with Crippen LogP contribution in [0.3, 0.4) is 0 Å². The standard InChI is InChI=1S/C32H33N5O4/c1-4-28(38)34-27-16-22(6-5-20(27)2)29-26-15-23(32(39)41-25-18-40-19-25)17-33-31(26)35-30(29)21-7-9-24(10-8-21)37-13-11-36(3)12-14-37/h4-10,15-17,25H,1,11-14,18-19H2,2-3H3,(H,33,35)(H,34,38). The van der Waals surface area contributed by atoms with Crippen LogP contribution in [-0.2, 0) is 14.3 Å². The number of aromatic nitrogens is 2. The van der Waals surface area contributed by atoms with E-state index in [1.54, 1.807) is 0 Å². The van der Waals surface area contributed by atoms with Crippen molar-refractivity contribution in [3.05, 3.63) is 78.5 Å². The molecule has 1 amide bonds. The number of pyridine rings is 1. The summed E-state index contributed by atoms with van der Waals surface area (Å²) < 4.78 is 10.7. The topological polar surface area (TPSA) is 99.8 Å². The maximum atomic E-state index is 12.9. The highest BCUT2D eigenvalue weighted by Gasteiger charge is 2.25. The summed E-state index contributed by atoms with van der Waals surface area (Å²) in [4.78, 5) is 37.9. The number of benzene rings is 2. The molecular weight excluding hydrogens is 518 g/mol. The number of piperazine rings is 1. The summed E-state index contributed by atoms with van der Waals surface area (Å²) in [5.41, 5.74) is 7.44. The first-order valence-electron chi connectivity index (χ1n) is 13.8. The van der Waals surface area contributed by atoms with Crippen molar-refractivity contribution < 1.29 is 19.1 Å². The molecule has 2 aliphatic heterocycles. The van der Waals surface area contributed by atoms with Gasteiger partial charge in [0.25, 0.3) is 0 Å². The van der Waals surface area contributed by atoms with Gasteiger partial charge >= 0.3 is 5.97 Å². The Morgan fingerprint density at radius 2 is 1.80 bits per heavy atom. The second-order valence-corrected chi connectivity index (χ2v) is 10.6. The lowest BCUT2D eigenvalue weighted by atomic mass is 9.96. The van der Waals surface area contributed by atoms with Crippen LogP contribution in [0.1, 0.15) is 15.9 Å². The number of carbonyl (C=O) groups is 2. The number of nitrogens with one attached hydrogen (secondary N) is 2. The number of H-pyrrole nitrogens is 1.